The summed E-state index contributed by atoms with van der Waals surface area (Å²) < 4.78 is 5.42. The number of amides is 2. The van der Waals surface area contributed by atoms with Crippen molar-refractivity contribution >= 4 is 24.2 Å². The van der Waals surface area contributed by atoms with E-state index in [1.54, 1.807) is 7.11 Å². The van der Waals surface area contributed by atoms with Crippen LogP contribution < -0.4 is 15.8 Å². The van der Waals surface area contributed by atoms with Crippen LogP contribution in [0.4, 0.5) is 11.9 Å². The zero-order chi connectivity index (χ0) is 22.6. The van der Waals surface area contributed by atoms with Gasteiger partial charge in [0.05, 0.1) is 18.6 Å². The van der Waals surface area contributed by atoms with E-state index < -0.39 is 5.92 Å². The SMILES string of the molecule is CCCCC[C@H](CN(O)C=O)C(=O)NNc1nc(CC)nc(N2CCC(OC)CC2)n1. The van der Waals surface area contributed by atoms with Crippen molar-refractivity contribution in [2.75, 3.05) is 37.1 Å². The van der Waals surface area contributed by atoms with Crippen molar-refractivity contribution in [3.8, 4) is 0 Å². The van der Waals surface area contributed by atoms with E-state index in [1.165, 1.54) is 0 Å². The third kappa shape index (κ3) is 7.91. The topological polar surface area (TPSA) is 133 Å². The van der Waals surface area contributed by atoms with E-state index in [0.717, 1.165) is 45.2 Å². The molecule has 0 bridgehead atoms. The summed E-state index contributed by atoms with van der Waals surface area (Å²) in [5, 5.41) is 10.0. The minimum Gasteiger partial charge on any atom is -0.381 e. The number of nitrogens with one attached hydrogen (secondary N) is 2. The number of ether oxygens (including phenoxy) is 1. The van der Waals surface area contributed by atoms with Gasteiger partial charge in [-0.2, -0.15) is 15.0 Å². The summed E-state index contributed by atoms with van der Waals surface area (Å²) in [5.74, 6) is 0.567. The molecule has 31 heavy (non-hydrogen) atoms. The van der Waals surface area contributed by atoms with Crippen LogP contribution in [0.2, 0.25) is 0 Å². The lowest BCUT2D eigenvalue weighted by Gasteiger charge is -2.31. The molecule has 0 aliphatic carbocycles. The predicted octanol–water partition coefficient (Wildman–Crippen LogP) is 1.54. The highest BCUT2D eigenvalue weighted by Gasteiger charge is 2.23. The number of nitrogens with zero attached hydrogens (tertiary/aromatic N) is 5. The third-order valence-electron chi connectivity index (χ3n) is 5.40. The minimum absolute atomic E-state index is 0.0716. The van der Waals surface area contributed by atoms with Gasteiger partial charge in [-0.05, 0) is 19.3 Å². The van der Waals surface area contributed by atoms with Crippen LogP contribution in [0.3, 0.4) is 0 Å². The summed E-state index contributed by atoms with van der Waals surface area (Å²) in [6.07, 6.45) is 6.35. The van der Waals surface area contributed by atoms with Gasteiger partial charge in [0.15, 0.2) is 0 Å². The summed E-state index contributed by atoms with van der Waals surface area (Å²) >= 11 is 0. The molecule has 1 aliphatic heterocycles. The van der Waals surface area contributed by atoms with Gasteiger partial charge in [-0.3, -0.25) is 25.6 Å². The van der Waals surface area contributed by atoms with E-state index in [4.69, 9.17) is 4.74 Å². The number of carbonyl (C=O) groups is 2. The maximum absolute atomic E-state index is 12.6. The molecule has 1 aromatic rings. The Hall–Kier alpha value is -2.53. The maximum atomic E-state index is 12.6. The highest BCUT2D eigenvalue weighted by molar-refractivity contribution is 5.80. The number of anilines is 2. The molecule has 1 saturated heterocycles. The Kier molecular flexibility index (Phi) is 10.4. The van der Waals surface area contributed by atoms with Gasteiger partial charge < -0.3 is 9.64 Å². The van der Waals surface area contributed by atoms with Crippen LogP contribution in [0.5, 0.6) is 0 Å². The molecule has 2 rings (SSSR count). The molecule has 174 valence electrons. The number of rotatable bonds is 13. The lowest BCUT2D eigenvalue weighted by Crippen LogP contribution is -2.41. The van der Waals surface area contributed by atoms with Gasteiger partial charge in [0, 0.05) is 26.6 Å². The summed E-state index contributed by atoms with van der Waals surface area (Å²) in [5.41, 5.74) is 5.40. The van der Waals surface area contributed by atoms with Gasteiger partial charge in [-0.25, -0.2) is 5.06 Å². The summed E-state index contributed by atoms with van der Waals surface area (Å²) in [4.78, 5) is 38.8. The lowest BCUT2D eigenvalue weighted by atomic mass is 10.0. The molecule has 0 spiro atoms. The first-order valence-electron chi connectivity index (χ1n) is 11.0. The van der Waals surface area contributed by atoms with Crippen molar-refractivity contribution in [1.29, 1.82) is 0 Å². The molecular weight excluding hydrogens is 402 g/mol. The quantitative estimate of drug-likeness (QED) is 0.182. The van der Waals surface area contributed by atoms with Gasteiger partial charge >= 0.3 is 0 Å². The van der Waals surface area contributed by atoms with Gasteiger partial charge in [0.1, 0.15) is 5.82 Å². The fraction of sp³-hybridized carbons (Fsp3) is 0.750. The van der Waals surface area contributed by atoms with E-state index in [0.29, 0.717) is 36.1 Å². The molecule has 0 unspecified atom stereocenters. The van der Waals surface area contributed by atoms with Crippen molar-refractivity contribution in [2.24, 2.45) is 5.92 Å². The Morgan fingerprint density at radius 1 is 1.29 bits per heavy atom. The van der Waals surface area contributed by atoms with Crippen LogP contribution in [0.15, 0.2) is 0 Å². The summed E-state index contributed by atoms with van der Waals surface area (Å²) in [7, 11) is 1.73. The van der Waals surface area contributed by atoms with Crippen molar-refractivity contribution in [1.82, 2.24) is 25.4 Å². The van der Waals surface area contributed by atoms with Crippen LogP contribution in [0, 0.1) is 5.92 Å². The normalized spacial score (nSPS) is 15.4. The van der Waals surface area contributed by atoms with Gasteiger partial charge in [0.2, 0.25) is 24.2 Å². The molecule has 1 fully saturated rings. The van der Waals surface area contributed by atoms with Crippen molar-refractivity contribution in [2.45, 2.75) is 64.9 Å². The second kappa shape index (κ2) is 13.0. The molecule has 11 nitrogen and oxygen atoms in total. The first-order valence-corrected chi connectivity index (χ1v) is 11.0. The molecule has 11 heteroatoms. The smallest absolute Gasteiger partial charge is 0.246 e. The molecule has 0 saturated carbocycles. The zero-order valence-corrected chi connectivity index (χ0v) is 18.7. The van der Waals surface area contributed by atoms with Crippen molar-refractivity contribution in [3.05, 3.63) is 5.82 Å². The fourth-order valence-corrected chi connectivity index (χ4v) is 3.49. The monoisotopic (exact) mass is 437 g/mol. The van der Waals surface area contributed by atoms with E-state index in [2.05, 4.69) is 37.6 Å². The highest BCUT2D eigenvalue weighted by Crippen LogP contribution is 2.19. The molecule has 1 atom stereocenters. The number of unbranched alkanes of at least 4 members (excludes halogenated alkanes) is 2. The number of aromatic nitrogens is 3. The number of aryl methyl sites for hydroxylation is 1. The van der Waals surface area contributed by atoms with Crippen molar-refractivity contribution in [3.63, 3.8) is 0 Å². The second-order valence-electron chi connectivity index (χ2n) is 7.69. The molecule has 0 radical (unpaired) electrons. The largest absolute Gasteiger partial charge is 0.381 e. The molecule has 1 aliphatic rings. The molecule has 1 aromatic heterocycles. The lowest BCUT2D eigenvalue weighted by molar-refractivity contribution is -0.154. The Labute approximate surface area is 183 Å². The summed E-state index contributed by atoms with van der Waals surface area (Å²) in [6, 6.07) is 0. The van der Waals surface area contributed by atoms with E-state index in [-0.39, 0.29) is 24.5 Å². The predicted molar refractivity (Wildman–Crippen MR) is 115 cm³/mol. The molecular formula is C20H35N7O4. The van der Waals surface area contributed by atoms with Crippen LogP contribution >= 0.6 is 0 Å². The number of carbonyl (C=O) groups excluding carboxylic acids is 2. The van der Waals surface area contributed by atoms with Crippen LogP contribution in [-0.2, 0) is 20.7 Å². The molecule has 2 amide bonds. The van der Waals surface area contributed by atoms with Crippen molar-refractivity contribution < 1.29 is 19.5 Å². The number of piperidine rings is 1. The van der Waals surface area contributed by atoms with E-state index in [9.17, 15) is 14.8 Å². The van der Waals surface area contributed by atoms with Crippen LogP contribution in [-0.4, -0.2) is 70.4 Å². The Bertz CT molecular complexity index is 698. The Morgan fingerprint density at radius 3 is 2.65 bits per heavy atom. The van der Waals surface area contributed by atoms with Crippen LogP contribution in [0.25, 0.3) is 0 Å². The zero-order valence-electron chi connectivity index (χ0n) is 18.7. The standard InChI is InChI=1S/C20H35N7O4/c1-4-6-7-8-15(13-27(30)14-28)18(29)24-25-19-21-17(5-2)22-20(23-19)26-11-9-16(31-3)10-12-26/h14-16,30H,4-13H2,1-3H3,(H,24,29)(H,21,22,23,25)/t15-/m1/s1. The first-order chi connectivity index (χ1) is 15.0. The Morgan fingerprint density at radius 2 is 2.03 bits per heavy atom. The van der Waals surface area contributed by atoms with E-state index >= 15 is 0 Å². The summed E-state index contributed by atoms with van der Waals surface area (Å²) in [6.45, 7) is 5.53. The fourth-order valence-electron chi connectivity index (χ4n) is 3.49. The van der Waals surface area contributed by atoms with Crippen LogP contribution in [0.1, 0.15) is 58.2 Å². The van der Waals surface area contributed by atoms with Gasteiger partial charge in [-0.1, -0.05) is 33.1 Å². The van der Waals surface area contributed by atoms with Gasteiger partial charge in [0.25, 0.3) is 0 Å². The first kappa shape index (κ1) is 24.7. The molecule has 0 aromatic carbocycles. The molecule has 2 heterocycles. The minimum atomic E-state index is -0.547. The second-order valence-corrected chi connectivity index (χ2v) is 7.69. The number of hydrazine groups is 1. The number of hydrogen-bond donors (Lipinski definition) is 3. The average molecular weight is 438 g/mol. The molecule has 3 N–H and O–H groups in total. The number of hydrogen-bond acceptors (Lipinski definition) is 9. The maximum Gasteiger partial charge on any atom is 0.246 e. The van der Waals surface area contributed by atoms with Gasteiger partial charge in [-0.15, -0.1) is 0 Å². The number of hydroxylamine groups is 2. The Balaban J connectivity index is 2.02. The average Bonchev–Trinajstić information content (AvgIpc) is 2.81. The third-order valence-corrected chi connectivity index (χ3v) is 5.40. The van der Waals surface area contributed by atoms with E-state index in [1.807, 2.05) is 6.92 Å². The highest BCUT2D eigenvalue weighted by atomic mass is 16.5. The number of methoxy groups -OCH3 is 1.